The largest absolute Gasteiger partial charge is 0.461 e. The number of benzene rings is 1. The fourth-order valence-electron chi connectivity index (χ4n) is 2.15. The normalized spacial score (nSPS) is 15.6. The van der Waals surface area contributed by atoms with Gasteiger partial charge in [0.05, 0.1) is 5.56 Å². The standard InChI is InChI=1S/C14H18FNO2.ClH/c15-13-6-4-5-12(11-13)14(17)18-10-9-16-7-2-1-3-8-16;/h4-6,11H,1-3,7-10H2;1H. The first-order valence-corrected chi connectivity index (χ1v) is 6.41. The highest BCUT2D eigenvalue weighted by atomic mass is 35.5. The van der Waals surface area contributed by atoms with E-state index in [-0.39, 0.29) is 18.0 Å². The van der Waals surface area contributed by atoms with Crippen molar-refractivity contribution in [2.45, 2.75) is 19.3 Å². The second kappa shape index (κ2) is 8.12. The molecule has 1 saturated heterocycles. The molecule has 0 saturated carbocycles. The van der Waals surface area contributed by atoms with E-state index in [0.29, 0.717) is 6.61 Å². The summed E-state index contributed by atoms with van der Waals surface area (Å²) >= 11 is 0. The number of likely N-dealkylation sites (tertiary alicyclic amines) is 1. The van der Waals surface area contributed by atoms with Crippen LogP contribution in [0.2, 0.25) is 0 Å². The summed E-state index contributed by atoms with van der Waals surface area (Å²) in [5.74, 6) is -0.869. The molecule has 0 N–H and O–H groups in total. The van der Waals surface area contributed by atoms with E-state index in [1.54, 1.807) is 6.07 Å². The van der Waals surface area contributed by atoms with Gasteiger partial charge in [0.2, 0.25) is 0 Å². The minimum atomic E-state index is -0.452. The highest BCUT2D eigenvalue weighted by Gasteiger charge is 2.12. The average molecular weight is 288 g/mol. The van der Waals surface area contributed by atoms with Crippen molar-refractivity contribution in [3.63, 3.8) is 0 Å². The molecule has 0 spiro atoms. The predicted molar refractivity (Wildman–Crippen MR) is 74.2 cm³/mol. The molecule has 1 aliphatic heterocycles. The fourth-order valence-corrected chi connectivity index (χ4v) is 2.15. The van der Waals surface area contributed by atoms with Crippen LogP contribution in [0.4, 0.5) is 4.39 Å². The quantitative estimate of drug-likeness (QED) is 0.798. The van der Waals surface area contributed by atoms with E-state index >= 15 is 0 Å². The molecule has 19 heavy (non-hydrogen) atoms. The Morgan fingerprint density at radius 3 is 2.68 bits per heavy atom. The molecule has 1 aromatic rings. The van der Waals surface area contributed by atoms with Crippen molar-refractivity contribution < 1.29 is 13.9 Å². The zero-order valence-corrected chi connectivity index (χ0v) is 11.6. The molecule has 0 atom stereocenters. The molecule has 0 unspecified atom stereocenters. The summed E-state index contributed by atoms with van der Waals surface area (Å²) < 4.78 is 18.1. The fraction of sp³-hybridized carbons (Fsp3) is 0.500. The average Bonchev–Trinajstić information content (AvgIpc) is 2.40. The second-order valence-electron chi connectivity index (χ2n) is 4.55. The lowest BCUT2D eigenvalue weighted by atomic mass is 10.1. The van der Waals surface area contributed by atoms with Crippen LogP contribution in [0, 0.1) is 5.82 Å². The van der Waals surface area contributed by atoms with E-state index < -0.39 is 11.8 Å². The van der Waals surface area contributed by atoms with Gasteiger partial charge in [0.1, 0.15) is 12.4 Å². The Kier molecular flexibility index (Phi) is 6.81. The van der Waals surface area contributed by atoms with Crippen LogP contribution in [-0.4, -0.2) is 37.1 Å². The monoisotopic (exact) mass is 287 g/mol. The number of piperidine rings is 1. The topological polar surface area (TPSA) is 29.5 Å². The van der Waals surface area contributed by atoms with E-state index in [0.717, 1.165) is 19.6 Å². The number of rotatable bonds is 4. The number of nitrogens with zero attached hydrogens (tertiary/aromatic N) is 1. The van der Waals surface area contributed by atoms with Crippen molar-refractivity contribution in [2.75, 3.05) is 26.2 Å². The molecule has 1 fully saturated rings. The Balaban J connectivity index is 0.00000180. The molecule has 106 valence electrons. The lowest BCUT2D eigenvalue weighted by Crippen LogP contribution is -2.33. The molecular weight excluding hydrogens is 269 g/mol. The van der Waals surface area contributed by atoms with E-state index in [4.69, 9.17) is 4.74 Å². The van der Waals surface area contributed by atoms with E-state index in [1.165, 1.54) is 37.5 Å². The van der Waals surface area contributed by atoms with Crippen LogP contribution in [0.25, 0.3) is 0 Å². The van der Waals surface area contributed by atoms with Crippen LogP contribution < -0.4 is 0 Å². The van der Waals surface area contributed by atoms with E-state index in [1.807, 2.05) is 0 Å². The van der Waals surface area contributed by atoms with Gasteiger partial charge in [0, 0.05) is 6.54 Å². The third-order valence-corrected chi connectivity index (χ3v) is 3.15. The van der Waals surface area contributed by atoms with Crippen molar-refractivity contribution in [3.05, 3.63) is 35.6 Å². The van der Waals surface area contributed by atoms with Gasteiger partial charge < -0.3 is 4.74 Å². The lowest BCUT2D eigenvalue weighted by molar-refractivity contribution is 0.0451. The summed E-state index contributed by atoms with van der Waals surface area (Å²) in [5, 5.41) is 0. The minimum absolute atomic E-state index is 0. The first kappa shape index (κ1) is 15.9. The van der Waals surface area contributed by atoms with E-state index in [9.17, 15) is 9.18 Å². The summed E-state index contributed by atoms with van der Waals surface area (Å²) in [6.07, 6.45) is 3.73. The summed E-state index contributed by atoms with van der Waals surface area (Å²) in [4.78, 5) is 13.9. The van der Waals surface area contributed by atoms with Gasteiger partial charge in [0.15, 0.2) is 0 Å². The number of hydrogen-bond donors (Lipinski definition) is 0. The maximum Gasteiger partial charge on any atom is 0.338 e. The molecule has 2 rings (SSSR count). The molecule has 0 aliphatic carbocycles. The Bertz CT molecular complexity index is 408. The maximum absolute atomic E-state index is 12.9. The second-order valence-corrected chi connectivity index (χ2v) is 4.55. The van der Waals surface area contributed by atoms with Crippen LogP contribution in [0.5, 0.6) is 0 Å². The highest BCUT2D eigenvalue weighted by Crippen LogP contribution is 2.09. The number of ether oxygens (including phenoxy) is 1. The number of hydrogen-bond acceptors (Lipinski definition) is 3. The molecule has 3 nitrogen and oxygen atoms in total. The van der Waals surface area contributed by atoms with Gasteiger partial charge in [-0.3, -0.25) is 4.90 Å². The van der Waals surface area contributed by atoms with Gasteiger partial charge >= 0.3 is 5.97 Å². The first-order chi connectivity index (χ1) is 8.75. The van der Waals surface area contributed by atoms with Crippen molar-refractivity contribution in [3.8, 4) is 0 Å². The molecule has 0 radical (unpaired) electrons. The summed E-state index contributed by atoms with van der Waals surface area (Å²) in [6.45, 7) is 3.30. The van der Waals surface area contributed by atoms with Crippen molar-refractivity contribution in [2.24, 2.45) is 0 Å². The van der Waals surface area contributed by atoms with Gasteiger partial charge in [-0.25, -0.2) is 9.18 Å². The smallest absolute Gasteiger partial charge is 0.338 e. The van der Waals surface area contributed by atoms with Crippen LogP contribution in [0.15, 0.2) is 24.3 Å². The van der Waals surface area contributed by atoms with Gasteiger partial charge in [0.25, 0.3) is 0 Å². The first-order valence-electron chi connectivity index (χ1n) is 6.41. The summed E-state index contributed by atoms with van der Waals surface area (Å²) in [5.41, 5.74) is 0.272. The molecule has 0 bridgehead atoms. The molecule has 0 amide bonds. The Morgan fingerprint density at radius 1 is 1.26 bits per heavy atom. The number of carbonyl (C=O) groups excluding carboxylic acids is 1. The zero-order valence-electron chi connectivity index (χ0n) is 10.8. The van der Waals surface area contributed by atoms with E-state index in [2.05, 4.69) is 4.90 Å². The highest BCUT2D eigenvalue weighted by molar-refractivity contribution is 5.89. The molecule has 1 heterocycles. The van der Waals surface area contributed by atoms with Crippen molar-refractivity contribution in [1.29, 1.82) is 0 Å². The third kappa shape index (κ3) is 5.17. The lowest BCUT2D eigenvalue weighted by Gasteiger charge is -2.25. The van der Waals surface area contributed by atoms with Crippen LogP contribution in [0.3, 0.4) is 0 Å². The maximum atomic E-state index is 12.9. The van der Waals surface area contributed by atoms with Crippen LogP contribution >= 0.6 is 12.4 Å². The van der Waals surface area contributed by atoms with Gasteiger partial charge in [-0.2, -0.15) is 0 Å². The van der Waals surface area contributed by atoms with Crippen molar-refractivity contribution >= 4 is 18.4 Å². The molecule has 1 aliphatic rings. The minimum Gasteiger partial charge on any atom is -0.461 e. The van der Waals surface area contributed by atoms with Crippen molar-refractivity contribution in [1.82, 2.24) is 4.90 Å². The van der Waals surface area contributed by atoms with Crippen LogP contribution in [-0.2, 0) is 4.74 Å². The number of carbonyl (C=O) groups is 1. The van der Waals surface area contributed by atoms with Gasteiger partial charge in [-0.15, -0.1) is 12.4 Å². The number of halogens is 2. The Labute approximate surface area is 119 Å². The third-order valence-electron chi connectivity index (χ3n) is 3.15. The molecule has 5 heteroatoms. The van der Waals surface area contributed by atoms with Crippen LogP contribution in [0.1, 0.15) is 29.6 Å². The van der Waals surface area contributed by atoms with Gasteiger partial charge in [-0.1, -0.05) is 12.5 Å². The Morgan fingerprint density at radius 2 is 2.00 bits per heavy atom. The Hall–Kier alpha value is -1.13. The number of esters is 1. The molecular formula is C14H19ClFNO2. The zero-order chi connectivity index (χ0) is 12.8. The molecule has 0 aromatic heterocycles. The van der Waals surface area contributed by atoms with Gasteiger partial charge in [-0.05, 0) is 44.1 Å². The summed E-state index contributed by atoms with van der Waals surface area (Å²) in [6, 6.07) is 5.58. The molecule has 1 aromatic carbocycles. The SMILES string of the molecule is Cl.O=C(OCCN1CCCCC1)c1cccc(F)c1. The summed E-state index contributed by atoms with van der Waals surface area (Å²) in [7, 11) is 0. The predicted octanol–water partition coefficient (Wildman–Crippen LogP) is 2.89.